The van der Waals surface area contributed by atoms with Crippen molar-refractivity contribution in [3.05, 3.63) is 15.6 Å². The molecule has 0 aliphatic rings. The highest BCUT2D eigenvalue weighted by Crippen LogP contribution is 2.18. The first-order chi connectivity index (χ1) is 5.63. The molecule has 1 aromatic heterocycles. The molecule has 0 aliphatic carbocycles. The summed E-state index contributed by atoms with van der Waals surface area (Å²) in [4.78, 5) is 5.47. The first kappa shape index (κ1) is 12.8. The second-order valence-electron chi connectivity index (χ2n) is 2.89. The average molecular weight is 223 g/mol. The molecule has 0 aliphatic heterocycles. The van der Waals surface area contributed by atoms with Gasteiger partial charge in [0.2, 0.25) is 0 Å². The van der Waals surface area contributed by atoms with Gasteiger partial charge >= 0.3 is 0 Å². The fraction of sp³-hybridized carbons (Fsp3) is 0.625. The highest BCUT2D eigenvalue weighted by atomic mass is 35.5. The van der Waals surface area contributed by atoms with Crippen LogP contribution in [0.1, 0.15) is 15.6 Å². The number of hydrogen-bond donors (Lipinski definition) is 2. The topological polar surface area (TPSA) is 59.1 Å². The quantitative estimate of drug-likeness (QED) is 0.804. The molecule has 0 saturated heterocycles. The Morgan fingerprint density at radius 3 is 2.54 bits per heavy atom. The van der Waals surface area contributed by atoms with E-state index in [0.29, 0.717) is 0 Å². The molecule has 0 radical (unpaired) electrons. The van der Waals surface area contributed by atoms with E-state index in [0.717, 1.165) is 17.1 Å². The molecule has 0 amide bonds. The first-order valence-corrected chi connectivity index (χ1v) is 4.74. The number of aromatic nitrogens is 1. The maximum atomic E-state index is 8.75. The molecular formula is C8H15ClN2OS. The summed E-state index contributed by atoms with van der Waals surface area (Å²) >= 11 is 1.66. The third-order valence-corrected chi connectivity index (χ3v) is 2.78. The smallest absolute Gasteiger partial charge is 0.0900 e. The Balaban J connectivity index is 0.00000144. The van der Waals surface area contributed by atoms with Crippen LogP contribution in [0.4, 0.5) is 0 Å². The predicted octanol–water partition coefficient (Wildman–Crippen LogP) is 1.04. The van der Waals surface area contributed by atoms with Gasteiger partial charge in [0.15, 0.2) is 0 Å². The number of thiazole rings is 1. The SMILES string of the molecule is Cc1nc(C)c(CC(N)CO)s1.Cl. The molecule has 0 fully saturated rings. The van der Waals surface area contributed by atoms with Gasteiger partial charge < -0.3 is 10.8 Å². The van der Waals surface area contributed by atoms with E-state index >= 15 is 0 Å². The molecule has 76 valence electrons. The highest BCUT2D eigenvalue weighted by molar-refractivity contribution is 7.11. The van der Waals surface area contributed by atoms with Crippen LogP contribution in [0.5, 0.6) is 0 Å². The molecule has 1 aromatic rings. The minimum Gasteiger partial charge on any atom is -0.395 e. The third kappa shape index (κ3) is 3.60. The van der Waals surface area contributed by atoms with Crippen LogP contribution in [-0.2, 0) is 6.42 Å². The summed E-state index contributed by atoms with van der Waals surface area (Å²) in [5.41, 5.74) is 6.65. The fourth-order valence-corrected chi connectivity index (χ4v) is 2.10. The summed E-state index contributed by atoms with van der Waals surface area (Å²) in [6, 6.07) is -0.149. The van der Waals surface area contributed by atoms with Crippen molar-refractivity contribution in [2.45, 2.75) is 26.3 Å². The predicted molar refractivity (Wildman–Crippen MR) is 57.6 cm³/mol. The van der Waals surface area contributed by atoms with Crippen LogP contribution in [-0.4, -0.2) is 22.7 Å². The summed E-state index contributed by atoms with van der Waals surface area (Å²) < 4.78 is 0. The number of halogens is 1. The number of aliphatic hydroxyl groups is 1. The molecule has 0 spiro atoms. The van der Waals surface area contributed by atoms with Gasteiger partial charge in [-0.1, -0.05) is 0 Å². The molecule has 3 nitrogen and oxygen atoms in total. The van der Waals surface area contributed by atoms with Gasteiger partial charge in [-0.2, -0.15) is 0 Å². The van der Waals surface area contributed by atoms with Crippen LogP contribution in [0, 0.1) is 13.8 Å². The normalized spacial score (nSPS) is 12.3. The average Bonchev–Trinajstić information content (AvgIpc) is 2.30. The molecule has 3 N–H and O–H groups in total. The number of aliphatic hydroxyl groups excluding tert-OH is 1. The van der Waals surface area contributed by atoms with Crippen LogP contribution in [0.25, 0.3) is 0 Å². The lowest BCUT2D eigenvalue weighted by Gasteiger charge is -2.05. The molecule has 0 aromatic carbocycles. The minimum atomic E-state index is -0.149. The zero-order valence-electron chi connectivity index (χ0n) is 7.78. The Morgan fingerprint density at radius 1 is 1.54 bits per heavy atom. The van der Waals surface area contributed by atoms with E-state index in [2.05, 4.69) is 4.98 Å². The molecule has 5 heteroatoms. The van der Waals surface area contributed by atoms with Gasteiger partial charge in [-0.25, -0.2) is 4.98 Å². The van der Waals surface area contributed by atoms with Gasteiger partial charge in [-0.15, -0.1) is 23.7 Å². The van der Waals surface area contributed by atoms with Gasteiger partial charge in [0.05, 0.1) is 17.3 Å². The van der Waals surface area contributed by atoms with E-state index < -0.39 is 0 Å². The Labute approximate surface area is 88.4 Å². The van der Waals surface area contributed by atoms with Gasteiger partial charge in [0.25, 0.3) is 0 Å². The standard InChI is InChI=1S/C8H14N2OS.ClH/c1-5-8(3-7(9)4-11)12-6(2)10-5;/h7,11H,3-4,9H2,1-2H3;1H. The molecule has 1 rings (SSSR count). The Morgan fingerprint density at radius 2 is 2.15 bits per heavy atom. The second kappa shape index (κ2) is 5.54. The summed E-state index contributed by atoms with van der Waals surface area (Å²) in [6.45, 7) is 3.99. The lowest BCUT2D eigenvalue weighted by atomic mass is 10.2. The van der Waals surface area contributed by atoms with Crippen molar-refractivity contribution >= 4 is 23.7 Å². The van der Waals surface area contributed by atoms with Crippen molar-refractivity contribution in [1.29, 1.82) is 0 Å². The number of nitrogens with zero attached hydrogens (tertiary/aromatic N) is 1. The summed E-state index contributed by atoms with van der Waals surface area (Å²) in [5, 5.41) is 9.82. The Bertz CT molecular complexity index is 265. The number of nitrogens with two attached hydrogens (primary N) is 1. The summed E-state index contributed by atoms with van der Waals surface area (Å²) in [5.74, 6) is 0. The molecule has 0 bridgehead atoms. The summed E-state index contributed by atoms with van der Waals surface area (Å²) in [6.07, 6.45) is 0.730. The molecule has 13 heavy (non-hydrogen) atoms. The van der Waals surface area contributed by atoms with Gasteiger partial charge in [-0.3, -0.25) is 0 Å². The third-order valence-electron chi connectivity index (χ3n) is 1.68. The zero-order valence-corrected chi connectivity index (χ0v) is 9.41. The van der Waals surface area contributed by atoms with Crippen LogP contribution in [0.2, 0.25) is 0 Å². The van der Waals surface area contributed by atoms with Gasteiger partial charge in [-0.05, 0) is 13.8 Å². The maximum Gasteiger partial charge on any atom is 0.0900 e. The van der Waals surface area contributed by atoms with Gasteiger partial charge in [0.1, 0.15) is 0 Å². The van der Waals surface area contributed by atoms with Crippen molar-refractivity contribution in [3.8, 4) is 0 Å². The fourth-order valence-electron chi connectivity index (χ4n) is 1.07. The van der Waals surface area contributed by atoms with Gasteiger partial charge in [0, 0.05) is 17.3 Å². The van der Waals surface area contributed by atoms with Crippen molar-refractivity contribution in [2.75, 3.05) is 6.61 Å². The lowest BCUT2D eigenvalue weighted by Crippen LogP contribution is -2.26. The largest absolute Gasteiger partial charge is 0.395 e. The van der Waals surface area contributed by atoms with Crippen LogP contribution < -0.4 is 5.73 Å². The maximum absolute atomic E-state index is 8.75. The Kier molecular flexibility index (Phi) is 5.48. The first-order valence-electron chi connectivity index (χ1n) is 3.93. The molecular weight excluding hydrogens is 208 g/mol. The van der Waals surface area contributed by atoms with Crippen LogP contribution >= 0.6 is 23.7 Å². The van der Waals surface area contributed by atoms with Crippen LogP contribution in [0.3, 0.4) is 0 Å². The second-order valence-corrected chi connectivity index (χ2v) is 4.18. The van der Waals surface area contributed by atoms with Crippen molar-refractivity contribution in [3.63, 3.8) is 0 Å². The molecule has 1 atom stereocenters. The highest BCUT2D eigenvalue weighted by Gasteiger charge is 2.08. The van der Waals surface area contributed by atoms with E-state index in [4.69, 9.17) is 10.8 Å². The van der Waals surface area contributed by atoms with Crippen molar-refractivity contribution in [2.24, 2.45) is 5.73 Å². The zero-order chi connectivity index (χ0) is 9.14. The number of rotatable bonds is 3. The van der Waals surface area contributed by atoms with E-state index in [9.17, 15) is 0 Å². The number of hydrogen-bond acceptors (Lipinski definition) is 4. The van der Waals surface area contributed by atoms with Crippen molar-refractivity contribution in [1.82, 2.24) is 4.98 Å². The van der Waals surface area contributed by atoms with E-state index in [1.807, 2.05) is 13.8 Å². The van der Waals surface area contributed by atoms with Crippen LogP contribution in [0.15, 0.2) is 0 Å². The lowest BCUT2D eigenvalue weighted by molar-refractivity contribution is 0.265. The van der Waals surface area contributed by atoms with E-state index in [1.165, 1.54) is 4.88 Å². The minimum absolute atomic E-state index is 0. The molecule has 1 unspecified atom stereocenters. The molecule has 1 heterocycles. The summed E-state index contributed by atoms with van der Waals surface area (Å²) in [7, 11) is 0. The number of aryl methyl sites for hydroxylation is 2. The Hall–Kier alpha value is -0.160. The monoisotopic (exact) mass is 222 g/mol. The van der Waals surface area contributed by atoms with Crippen molar-refractivity contribution < 1.29 is 5.11 Å². The van der Waals surface area contributed by atoms with E-state index in [-0.39, 0.29) is 25.1 Å². The van der Waals surface area contributed by atoms with E-state index in [1.54, 1.807) is 11.3 Å². The molecule has 0 saturated carbocycles.